The molecule has 0 amide bonds. The predicted octanol–water partition coefficient (Wildman–Crippen LogP) is 4.70. The Morgan fingerprint density at radius 3 is 2.16 bits per heavy atom. The van der Waals surface area contributed by atoms with Gasteiger partial charge in [-0.25, -0.2) is 4.98 Å². The SMILES string of the molecule is FC(F)(F)c1ccc2cc3ccc(S)cc3nc2c1. The second-order valence-electron chi connectivity index (χ2n) is 4.27. The monoisotopic (exact) mass is 279 g/mol. The van der Waals surface area contributed by atoms with Crippen molar-refractivity contribution in [2.24, 2.45) is 0 Å². The van der Waals surface area contributed by atoms with Crippen LogP contribution in [0, 0.1) is 0 Å². The third-order valence-electron chi connectivity index (χ3n) is 2.92. The zero-order chi connectivity index (χ0) is 13.6. The van der Waals surface area contributed by atoms with E-state index in [-0.39, 0.29) is 0 Å². The van der Waals surface area contributed by atoms with Gasteiger partial charge in [-0.3, -0.25) is 0 Å². The molecule has 0 fully saturated rings. The van der Waals surface area contributed by atoms with Crippen LogP contribution in [-0.2, 0) is 6.18 Å². The molecule has 5 heteroatoms. The maximum Gasteiger partial charge on any atom is 0.416 e. The summed E-state index contributed by atoms with van der Waals surface area (Å²) in [6.45, 7) is 0. The van der Waals surface area contributed by atoms with E-state index in [0.29, 0.717) is 16.4 Å². The van der Waals surface area contributed by atoms with Crippen molar-refractivity contribution >= 4 is 34.4 Å². The van der Waals surface area contributed by atoms with Crippen molar-refractivity contribution < 1.29 is 13.2 Å². The number of fused-ring (bicyclic) bond motifs is 2. The minimum absolute atomic E-state index is 0.334. The fourth-order valence-electron chi connectivity index (χ4n) is 1.99. The van der Waals surface area contributed by atoms with Crippen LogP contribution < -0.4 is 0 Å². The van der Waals surface area contributed by atoms with Crippen LogP contribution in [0.2, 0.25) is 0 Å². The van der Waals surface area contributed by atoms with Crippen LogP contribution in [0.5, 0.6) is 0 Å². The Labute approximate surface area is 112 Å². The van der Waals surface area contributed by atoms with Gasteiger partial charge in [0, 0.05) is 15.7 Å². The van der Waals surface area contributed by atoms with Gasteiger partial charge in [0.2, 0.25) is 0 Å². The summed E-state index contributed by atoms with van der Waals surface area (Å²) in [7, 11) is 0. The molecule has 0 saturated carbocycles. The number of rotatable bonds is 0. The summed E-state index contributed by atoms with van der Waals surface area (Å²) >= 11 is 4.20. The second kappa shape index (κ2) is 4.13. The van der Waals surface area contributed by atoms with Gasteiger partial charge in [0.05, 0.1) is 16.6 Å². The van der Waals surface area contributed by atoms with Gasteiger partial charge >= 0.3 is 6.18 Å². The molecule has 0 radical (unpaired) electrons. The van der Waals surface area contributed by atoms with E-state index in [4.69, 9.17) is 0 Å². The van der Waals surface area contributed by atoms with E-state index in [9.17, 15) is 13.2 Å². The molecule has 96 valence electrons. The fourth-order valence-corrected chi connectivity index (χ4v) is 2.18. The quantitative estimate of drug-likeness (QED) is 0.465. The van der Waals surface area contributed by atoms with E-state index in [0.717, 1.165) is 22.4 Å². The third kappa shape index (κ3) is 2.26. The van der Waals surface area contributed by atoms with Crippen LogP contribution in [-0.4, -0.2) is 4.98 Å². The number of aromatic nitrogens is 1. The van der Waals surface area contributed by atoms with Crippen LogP contribution in [0.15, 0.2) is 47.4 Å². The highest BCUT2D eigenvalue weighted by molar-refractivity contribution is 7.80. The van der Waals surface area contributed by atoms with E-state index < -0.39 is 11.7 Å². The first-order valence-corrected chi connectivity index (χ1v) is 5.99. The number of benzene rings is 2. The van der Waals surface area contributed by atoms with E-state index in [2.05, 4.69) is 17.6 Å². The molecule has 0 aliphatic rings. The lowest BCUT2D eigenvalue weighted by atomic mass is 10.1. The first-order valence-electron chi connectivity index (χ1n) is 5.54. The topological polar surface area (TPSA) is 12.9 Å². The number of hydrogen-bond donors (Lipinski definition) is 1. The maximum absolute atomic E-state index is 12.7. The van der Waals surface area contributed by atoms with Gasteiger partial charge in [0.25, 0.3) is 0 Å². The van der Waals surface area contributed by atoms with Gasteiger partial charge in [-0.05, 0) is 30.3 Å². The molecule has 19 heavy (non-hydrogen) atoms. The first kappa shape index (κ1) is 12.3. The molecule has 3 rings (SSSR count). The van der Waals surface area contributed by atoms with Crippen LogP contribution in [0.3, 0.4) is 0 Å². The third-order valence-corrected chi connectivity index (χ3v) is 3.20. The second-order valence-corrected chi connectivity index (χ2v) is 4.79. The molecule has 2 aromatic carbocycles. The van der Waals surface area contributed by atoms with Crippen molar-refractivity contribution in [3.63, 3.8) is 0 Å². The molecular formula is C14H8F3NS. The predicted molar refractivity (Wildman–Crippen MR) is 71.5 cm³/mol. The average molecular weight is 279 g/mol. The van der Waals surface area contributed by atoms with E-state index in [1.54, 1.807) is 6.07 Å². The average Bonchev–Trinajstić information content (AvgIpc) is 2.34. The van der Waals surface area contributed by atoms with Gasteiger partial charge in [-0.2, -0.15) is 13.2 Å². The van der Waals surface area contributed by atoms with Crippen molar-refractivity contribution in [2.45, 2.75) is 11.1 Å². The van der Waals surface area contributed by atoms with Gasteiger partial charge in [0.1, 0.15) is 0 Å². The molecule has 0 bridgehead atoms. The molecule has 0 unspecified atom stereocenters. The van der Waals surface area contributed by atoms with E-state index in [1.807, 2.05) is 18.2 Å². The molecule has 3 aromatic rings. The highest BCUT2D eigenvalue weighted by Crippen LogP contribution is 2.31. The largest absolute Gasteiger partial charge is 0.416 e. The maximum atomic E-state index is 12.7. The smallest absolute Gasteiger partial charge is 0.248 e. The van der Waals surface area contributed by atoms with Gasteiger partial charge in [-0.15, -0.1) is 12.6 Å². The van der Waals surface area contributed by atoms with Crippen molar-refractivity contribution in [1.29, 1.82) is 0 Å². The van der Waals surface area contributed by atoms with Crippen LogP contribution >= 0.6 is 12.6 Å². The minimum atomic E-state index is -4.35. The Balaban J connectivity index is 2.30. The molecule has 0 aliphatic heterocycles. The van der Waals surface area contributed by atoms with Crippen molar-refractivity contribution in [1.82, 2.24) is 4.98 Å². The van der Waals surface area contributed by atoms with Gasteiger partial charge < -0.3 is 0 Å². The molecule has 1 heterocycles. The number of nitrogens with zero attached hydrogens (tertiary/aromatic N) is 1. The number of thiol groups is 1. The normalized spacial score (nSPS) is 12.2. The zero-order valence-electron chi connectivity index (χ0n) is 9.57. The Morgan fingerprint density at radius 1 is 0.842 bits per heavy atom. The molecule has 1 aromatic heterocycles. The van der Waals surface area contributed by atoms with E-state index in [1.165, 1.54) is 6.07 Å². The van der Waals surface area contributed by atoms with E-state index >= 15 is 0 Å². The fraction of sp³-hybridized carbons (Fsp3) is 0.0714. The lowest BCUT2D eigenvalue weighted by Gasteiger charge is -2.08. The molecule has 0 aliphatic carbocycles. The summed E-state index contributed by atoms with van der Waals surface area (Å²) in [6, 6.07) is 10.8. The lowest BCUT2D eigenvalue weighted by Crippen LogP contribution is -2.04. The summed E-state index contributed by atoms with van der Waals surface area (Å²) in [5, 5.41) is 1.57. The number of halogens is 3. The molecule has 1 nitrogen and oxygen atoms in total. The Kier molecular flexibility index (Phi) is 2.67. The molecule has 0 atom stereocenters. The number of hydrogen-bond acceptors (Lipinski definition) is 2. The summed E-state index contributed by atoms with van der Waals surface area (Å²) in [6.07, 6.45) is -4.35. The van der Waals surface area contributed by atoms with Crippen molar-refractivity contribution in [2.75, 3.05) is 0 Å². The highest BCUT2D eigenvalue weighted by Gasteiger charge is 2.30. The Hall–Kier alpha value is -1.75. The van der Waals surface area contributed by atoms with Gasteiger partial charge in [-0.1, -0.05) is 12.1 Å². The Morgan fingerprint density at radius 2 is 1.47 bits per heavy atom. The standard InChI is InChI=1S/C14H8F3NS/c15-14(16,17)10-3-1-8-5-9-2-4-11(19)7-13(9)18-12(8)6-10/h1-7,19H. The zero-order valence-corrected chi connectivity index (χ0v) is 10.5. The molecular weight excluding hydrogens is 271 g/mol. The first-order chi connectivity index (χ1) is 8.93. The highest BCUT2D eigenvalue weighted by atomic mass is 32.1. The summed E-state index contributed by atoms with van der Waals surface area (Å²) in [5.41, 5.74) is 0.287. The number of pyridine rings is 1. The van der Waals surface area contributed by atoms with Crippen molar-refractivity contribution in [3.8, 4) is 0 Å². The van der Waals surface area contributed by atoms with Crippen LogP contribution in [0.25, 0.3) is 21.8 Å². The summed E-state index contributed by atoms with van der Waals surface area (Å²) in [4.78, 5) is 4.99. The molecule has 0 N–H and O–H groups in total. The summed E-state index contributed by atoms with van der Waals surface area (Å²) < 4.78 is 38.0. The number of alkyl halides is 3. The Bertz CT molecular complexity index is 781. The van der Waals surface area contributed by atoms with Crippen LogP contribution in [0.1, 0.15) is 5.56 Å². The molecule has 0 saturated heterocycles. The minimum Gasteiger partial charge on any atom is -0.248 e. The van der Waals surface area contributed by atoms with Crippen LogP contribution in [0.4, 0.5) is 13.2 Å². The van der Waals surface area contributed by atoms with Crippen molar-refractivity contribution in [3.05, 3.63) is 48.0 Å². The van der Waals surface area contributed by atoms with Gasteiger partial charge in [0.15, 0.2) is 0 Å². The summed E-state index contributed by atoms with van der Waals surface area (Å²) in [5.74, 6) is 0. The lowest BCUT2D eigenvalue weighted by molar-refractivity contribution is -0.137. The molecule has 0 spiro atoms.